The first-order chi connectivity index (χ1) is 20.8. The van der Waals surface area contributed by atoms with Crippen LogP contribution in [0.3, 0.4) is 0 Å². The van der Waals surface area contributed by atoms with Gasteiger partial charge in [-0.05, 0) is 42.8 Å². The minimum atomic E-state index is -3.77. The molecule has 2 aromatic carbocycles. The molecule has 0 bridgehead atoms. The van der Waals surface area contributed by atoms with Gasteiger partial charge in [0.2, 0.25) is 11.8 Å². The van der Waals surface area contributed by atoms with Crippen molar-refractivity contribution >= 4 is 50.7 Å². The fourth-order valence-corrected chi connectivity index (χ4v) is 6.29. The summed E-state index contributed by atoms with van der Waals surface area (Å²) in [6.45, 7) is 0. The Hall–Kier alpha value is -4.41. The highest BCUT2D eigenvalue weighted by atomic mass is 35.5. The number of sulfone groups is 1. The number of rotatable bonds is 8. The molecule has 10 nitrogen and oxygen atoms in total. The monoisotopic (exact) mass is 641 g/mol. The maximum Gasteiger partial charge on any atom is 0.252 e. The Morgan fingerprint density at radius 1 is 1.16 bits per heavy atom. The van der Waals surface area contributed by atoms with Gasteiger partial charge in [0.15, 0.2) is 9.84 Å². The smallest absolute Gasteiger partial charge is 0.252 e. The van der Waals surface area contributed by atoms with Crippen molar-refractivity contribution in [1.82, 2.24) is 10.3 Å². The molecule has 44 heavy (non-hydrogen) atoms. The fraction of sp³-hybridized carbons (Fsp3) is 0.300. The van der Waals surface area contributed by atoms with Crippen molar-refractivity contribution in [1.29, 1.82) is 5.26 Å². The second-order valence-corrected chi connectivity index (χ2v) is 13.1. The first-order valence-electron chi connectivity index (χ1n) is 13.5. The van der Waals surface area contributed by atoms with Crippen LogP contribution in [0.5, 0.6) is 0 Å². The lowest BCUT2D eigenvalue weighted by Gasteiger charge is -2.39. The van der Waals surface area contributed by atoms with E-state index >= 15 is 0 Å². The van der Waals surface area contributed by atoms with Gasteiger partial charge in [-0.25, -0.2) is 22.2 Å². The molecule has 0 radical (unpaired) electrons. The van der Waals surface area contributed by atoms with Crippen molar-refractivity contribution in [2.45, 2.75) is 54.6 Å². The predicted octanol–water partition coefficient (Wildman–Crippen LogP) is 4.19. The number of carbonyl (C=O) groups excluding carboxylic acids is 3. The van der Waals surface area contributed by atoms with Gasteiger partial charge in [0.25, 0.3) is 11.8 Å². The maximum absolute atomic E-state index is 14.6. The van der Waals surface area contributed by atoms with E-state index in [0.717, 1.165) is 16.1 Å². The molecule has 1 saturated heterocycles. The molecule has 228 valence electrons. The van der Waals surface area contributed by atoms with Gasteiger partial charge in [-0.2, -0.15) is 5.26 Å². The highest BCUT2D eigenvalue weighted by molar-refractivity contribution is 7.90. The second kappa shape index (κ2) is 11.9. The van der Waals surface area contributed by atoms with E-state index in [-0.39, 0.29) is 45.4 Å². The van der Waals surface area contributed by atoms with Crippen LogP contribution in [-0.2, 0) is 24.2 Å². The molecule has 3 aromatic rings. The van der Waals surface area contributed by atoms with E-state index in [1.807, 2.05) is 6.07 Å². The van der Waals surface area contributed by atoms with Gasteiger partial charge in [0.1, 0.15) is 17.9 Å². The Morgan fingerprint density at radius 2 is 1.89 bits per heavy atom. The number of halogens is 3. The molecule has 1 aliphatic carbocycles. The van der Waals surface area contributed by atoms with Gasteiger partial charge < -0.3 is 5.32 Å². The first-order valence-corrected chi connectivity index (χ1v) is 15.8. The summed E-state index contributed by atoms with van der Waals surface area (Å²) >= 11 is 6.53. The van der Waals surface area contributed by atoms with E-state index in [1.54, 1.807) is 12.1 Å². The van der Waals surface area contributed by atoms with Crippen LogP contribution in [-0.4, -0.2) is 55.4 Å². The first kappa shape index (κ1) is 31.0. The molecule has 2 fully saturated rings. The molecule has 1 saturated carbocycles. The molecule has 1 N–H and O–H groups in total. The number of benzene rings is 2. The SMILES string of the molecule is CS(=O)(=O)c1cccc(N(C(=O)C2CCC(=O)N2c2cc(C#N)ccn2)C(C(=O)NC2CC(F)(F)C2)c2ccccc2Cl)c1. The van der Waals surface area contributed by atoms with Gasteiger partial charge >= 0.3 is 0 Å². The molecule has 2 atom stereocenters. The third-order valence-electron chi connectivity index (χ3n) is 7.52. The summed E-state index contributed by atoms with van der Waals surface area (Å²) in [6.07, 6.45) is 1.10. The third-order valence-corrected chi connectivity index (χ3v) is 8.98. The average Bonchev–Trinajstić information content (AvgIpc) is 3.36. The number of nitrogens with zero attached hydrogens (tertiary/aromatic N) is 4. The van der Waals surface area contributed by atoms with Gasteiger partial charge in [-0.15, -0.1) is 0 Å². The largest absolute Gasteiger partial charge is 0.351 e. The third kappa shape index (κ3) is 6.27. The van der Waals surface area contributed by atoms with Crippen molar-refractivity contribution in [3.8, 4) is 6.07 Å². The summed E-state index contributed by atoms with van der Waals surface area (Å²) in [5.74, 6) is -4.94. The van der Waals surface area contributed by atoms with Crippen LogP contribution < -0.4 is 15.1 Å². The van der Waals surface area contributed by atoms with Crippen LogP contribution in [0, 0.1) is 11.3 Å². The standard InChI is InChI=1S/C30H26ClF2N5O5S/c1-44(42,43)21-6-4-5-20(14-21)37(29(41)24-9-10-26(39)38(24)25-13-18(17-34)11-12-35-25)27(22-7-2-3-8-23(22)31)28(40)36-19-15-30(32,33)16-19/h2-8,11-14,19,24,27H,9-10,15-16H2,1H3,(H,36,40). The number of nitriles is 1. The van der Waals surface area contributed by atoms with Gasteiger partial charge in [0.05, 0.1) is 16.5 Å². The number of amides is 3. The minimum Gasteiger partial charge on any atom is -0.351 e. The Labute approximate surface area is 257 Å². The van der Waals surface area contributed by atoms with Crippen molar-refractivity contribution in [3.05, 3.63) is 83.0 Å². The van der Waals surface area contributed by atoms with Crippen LogP contribution in [0.2, 0.25) is 5.02 Å². The molecule has 2 unspecified atom stereocenters. The van der Waals surface area contributed by atoms with E-state index in [0.29, 0.717) is 0 Å². The van der Waals surface area contributed by atoms with Gasteiger partial charge in [0, 0.05) is 54.0 Å². The summed E-state index contributed by atoms with van der Waals surface area (Å²) in [5, 5.41) is 12.1. The molecule has 3 amide bonds. The molecule has 14 heteroatoms. The van der Waals surface area contributed by atoms with Crippen molar-refractivity contribution in [2.24, 2.45) is 0 Å². The Balaban J connectivity index is 1.66. The van der Waals surface area contributed by atoms with E-state index < -0.39 is 64.4 Å². The minimum absolute atomic E-state index is 0.00466. The van der Waals surface area contributed by atoms with Crippen molar-refractivity contribution in [3.63, 3.8) is 0 Å². The molecule has 0 spiro atoms. The Bertz CT molecular complexity index is 1790. The van der Waals surface area contributed by atoms with Crippen LogP contribution in [0.4, 0.5) is 20.3 Å². The Kier molecular flexibility index (Phi) is 8.42. The summed E-state index contributed by atoms with van der Waals surface area (Å²) < 4.78 is 52.3. The lowest BCUT2D eigenvalue weighted by Crippen LogP contribution is -2.56. The number of nitrogens with one attached hydrogen (secondary N) is 1. The molecule has 2 aliphatic rings. The van der Waals surface area contributed by atoms with Crippen LogP contribution in [0.1, 0.15) is 42.9 Å². The summed E-state index contributed by atoms with van der Waals surface area (Å²) in [4.78, 5) is 47.9. The fourth-order valence-electron chi connectivity index (χ4n) is 5.39. The average molecular weight is 642 g/mol. The molecule has 1 aliphatic heterocycles. The lowest BCUT2D eigenvalue weighted by atomic mass is 9.87. The van der Waals surface area contributed by atoms with Crippen molar-refractivity contribution in [2.75, 3.05) is 16.1 Å². The zero-order valence-corrected chi connectivity index (χ0v) is 24.9. The van der Waals surface area contributed by atoms with Crippen molar-refractivity contribution < 1.29 is 31.6 Å². The lowest BCUT2D eigenvalue weighted by molar-refractivity contribution is -0.133. The van der Waals surface area contributed by atoms with E-state index in [2.05, 4.69) is 10.3 Å². The number of carbonyl (C=O) groups is 3. The summed E-state index contributed by atoms with van der Waals surface area (Å²) in [7, 11) is -3.77. The second-order valence-electron chi connectivity index (χ2n) is 10.7. The van der Waals surface area contributed by atoms with E-state index in [9.17, 15) is 36.8 Å². The molecular formula is C30H26ClF2N5O5S. The highest BCUT2D eigenvalue weighted by Gasteiger charge is 2.48. The van der Waals surface area contributed by atoms with Crippen LogP contribution in [0.25, 0.3) is 0 Å². The number of alkyl halides is 2. The quantitative estimate of drug-likeness (QED) is 0.389. The van der Waals surface area contributed by atoms with Gasteiger partial charge in [-0.1, -0.05) is 35.9 Å². The molecule has 1 aromatic heterocycles. The molecular weight excluding hydrogens is 616 g/mol. The summed E-state index contributed by atoms with van der Waals surface area (Å²) in [6, 6.07) is 12.7. The Morgan fingerprint density at radius 3 is 2.55 bits per heavy atom. The number of pyridine rings is 1. The zero-order chi connectivity index (χ0) is 31.8. The zero-order valence-electron chi connectivity index (χ0n) is 23.3. The maximum atomic E-state index is 14.6. The topological polar surface area (TPSA) is 141 Å². The van der Waals surface area contributed by atoms with Crippen LogP contribution in [0.15, 0.2) is 71.8 Å². The normalized spacial score (nSPS) is 18.7. The number of aromatic nitrogens is 1. The summed E-state index contributed by atoms with van der Waals surface area (Å²) in [5.41, 5.74) is 0.343. The number of hydrogen-bond donors (Lipinski definition) is 1. The highest BCUT2D eigenvalue weighted by Crippen LogP contribution is 2.40. The predicted molar refractivity (Wildman–Crippen MR) is 157 cm³/mol. The number of hydrogen-bond acceptors (Lipinski definition) is 7. The van der Waals surface area contributed by atoms with E-state index in [1.165, 1.54) is 54.7 Å². The molecule has 5 rings (SSSR count). The van der Waals surface area contributed by atoms with Crippen LogP contribution >= 0.6 is 11.6 Å². The number of anilines is 2. The van der Waals surface area contributed by atoms with Gasteiger partial charge in [-0.3, -0.25) is 24.2 Å². The van der Waals surface area contributed by atoms with E-state index in [4.69, 9.17) is 11.6 Å². The molecule has 2 heterocycles.